The maximum atomic E-state index is 13.4. The molecule has 0 atom stereocenters. The standard InChI is InChI=1S/C25H27N3O2/c1-18-9-11-20(12-10-18)24(29)28(21-13-14-21)17-22-23(19-7-3-2-4-8-19)26-30-25(22)27-15-5-6-16-27/h2-4,7-12,21H,5-6,13-17H2,1H3. The van der Waals surface area contributed by atoms with E-state index in [0.717, 1.165) is 72.6 Å². The summed E-state index contributed by atoms with van der Waals surface area (Å²) in [6, 6.07) is 18.3. The Hall–Kier alpha value is -3.08. The van der Waals surface area contributed by atoms with Crippen LogP contribution in [0.4, 0.5) is 5.88 Å². The molecule has 1 aliphatic carbocycles. The lowest BCUT2D eigenvalue weighted by atomic mass is 10.1. The van der Waals surface area contributed by atoms with Crippen molar-refractivity contribution >= 4 is 11.8 Å². The topological polar surface area (TPSA) is 49.6 Å². The Labute approximate surface area is 177 Å². The molecule has 1 amide bonds. The number of carbonyl (C=O) groups is 1. The third-order valence-electron chi connectivity index (χ3n) is 6.08. The Morgan fingerprint density at radius 1 is 1.07 bits per heavy atom. The summed E-state index contributed by atoms with van der Waals surface area (Å²) < 4.78 is 5.87. The molecule has 2 heterocycles. The lowest BCUT2D eigenvalue weighted by Gasteiger charge is -2.24. The number of hydrogen-bond donors (Lipinski definition) is 0. The lowest BCUT2D eigenvalue weighted by molar-refractivity contribution is 0.0730. The van der Waals surface area contributed by atoms with Crippen molar-refractivity contribution in [1.29, 1.82) is 0 Å². The van der Waals surface area contributed by atoms with Crippen molar-refractivity contribution in [3.63, 3.8) is 0 Å². The smallest absolute Gasteiger partial charge is 0.254 e. The summed E-state index contributed by atoms with van der Waals surface area (Å²) in [5.74, 6) is 0.916. The van der Waals surface area contributed by atoms with Gasteiger partial charge in [-0.1, -0.05) is 53.2 Å². The van der Waals surface area contributed by atoms with Gasteiger partial charge in [0, 0.05) is 30.3 Å². The van der Waals surface area contributed by atoms with Crippen LogP contribution in [0.25, 0.3) is 11.3 Å². The maximum Gasteiger partial charge on any atom is 0.254 e. The van der Waals surface area contributed by atoms with Crippen LogP contribution in [0.1, 0.15) is 47.2 Å². The quantitative estimate of drug-likeness (QED) is 0.580. The zero-order valence-electron chi connectivity index (χ0n) is 17.4. The Morgan fingerprint density at radius 2 is 1.77 bits per heavy atom. The van der Waals surface area contributed by atoms with Gasteiger partial charge in [-0.3, -0.25) is 4.79 Å². The van der Waals surface area contributed by atoms with Gasteiger partial charge in [0.25, 0.3) is 5.91 Å². The average Bonchev–Trinajstić information content (AvgIpc) is 3.30. The fourth-order valence-electron chi connectivity index (χ4n) is 4.22. The predicted octanol–water partition coefficient (Wildman–Crippen LogP) is 5.06. The molecule has 2 aliphatic rings. The first-order valence-electron chi connectivity index (χ1n) is 10.9. The minimum absolute atomic E-state index is 0.0880. The second-order valence-electron chi connectivity index (χ2n) is 8.41. The van der Waals surface area contributed by atoms with Crippen LogP contribution in [0.3, 0.4) is 0 Å². The number of hydrogen-bond acceptors (Lipinski definition) is 4. The van der Waals surface area contributed by atoms with Crippen LogP contribution in [0.15, 0.2) is 59.1 Å². The maximum absolute atomic E-state index is 13.4. The summed E-state index contributed by atoms with van der Waals surface area (Å²) in [6.45, 7) is 4.52. The largest absolute Gasteiger partial charge is 0.340 e. The summed E-state index contributed by atoms with van der Waals surface area (Å²) in [6.07, 6.45) is 4.44. The van der Waals surface area contributed by atoms with E-state index in [-0.39, 0.29) is 5.91 Å². The fraction of sp³-hybridized carbons (Fsp3) is 0.360. The number of benzene rings is 2. The van der Waals surface area contributed by atoms with Gasteiger partial charge in [-0.05, 0) is 44.7 Å². The van der Waals surface area contributed by atoms with Gasteiger partial charge in [-0.15, -0.1) is 0 Å². The van der Waals surface area contributed by atoms with E-state index in [1.807, 2.05) is 54.3 Å². The third kappa shape index (κ3) is 3.72. The molecule has 5 nitrogen and oxygen atoms in total. The number of carbonyl (C=O) groups excluding carboxylic acids is 1. The molecular formula is C25H27N3O2. The number of anilines is 1. The average molecular weight is 402 g/mol. The molecule has 0 bridgehead atoms. The van der Waals surface area contributed by atoms with Gasteiger partial charge in [0.05, 0.1) is 12.1 Å². The van der Waals surface area contributed by atoms with Crippen molar-refractivity contribution in [1.82, 2.24) is 10.1 Å². The minimum Gasteiger partial charge on any atom is -0.340 e. The van der Waals surface area contributed by atoms with E-state index in [4.69, 9.17) is 4.52 Å². The van der Waals surface area contributed by atoms with Gasteiger partial charge in [0.15, 0.2) is 0 Å². The first kappa shape index (κ1) is 18.9. The highest BCUT2D eigenvalue weighted by Gasteiger charge is 2.36. The second kappa shape index (κ2) is 7.98. The lowest BCUT2D eigenvalue weighted by Crippen LogP contribution is -2.33. The highest BCUT2D eigenvalue weighted by atomic mass is 16.5. The highest BCUT2D eigenvalue weighted by Crippen LogP contribution is 2.37. The Morgan fingerprint density at radius 3 is 2.43 bits per heavy atom. The number of rotatable bonds is 6. The van der Waals surface area contributed by atoms with Gasteiger partial charge in [-0.2, -0.15) is 0 Å². The van der Waals surface area contributed by atoms with Gasteiger partial charge >= 0.3 is 0 Å². The number of amides is 1. The van der Waals surface area contributed by atoms with Gasteiger partial charge in [0.1, 0.15) is 5.69 Å². The molecule has 0 spiro atoms. The molecule has 5 heteroatoms. The molecule has 1 saturated heterocycles. The van der Waals surface area contributed by atoms with Gasteiger partial charge in [0.2, 0.25) is 5.88 Å². The molecule has 3 aromatic rings. The molecule has 0 radical (unpaired) electrons. The summed E-state index contributed by atoms with van der Waals surface area (Å²) in [4.78, 5) is 17.7. The minimum atomic E-state index is 0.0880. The molecule has 1 aromatic heterocycles. The van der Waals surface area contributed by atoms with Crippen molar-refractivity contribution in [2.75, 3.05) is 18.0 Å². The van der Waals surface area contributed by atoms with E-state index >= 15 is 0 Å². The van der Waals surface area contributed by atoms with Crippen molar-refractivity contribution in [3.8, 4) is 11.3 Å². The zero-order chi connectivity index (χ0) is 20.5. The molecule has 2 aromatic carbocycles. The van der Waals surface area contributed by atoms with Crippen LogP contribution in [0.2, 0.25) is 0 Å². The monoisotopic (exact) mass is 401 g/mol. The van der Waals surface area contributed by atoms with Crippen LogP contribution >= 0.6 is 0 Å². The number of aryl methyl sites for hydroxylation is 1. The molecule has 154 valence electrons. The number of aromatic nitrogens is 1. The molecule has 1 saturated carbocycles. The molecule has 2 fully saturated rings. The van der Waals surface area contributed by atoms with Crippen LogP contribution in [0, 0.1) is 6.92 Å². The van der Waals surface area contributed by atoms with E-state index in [2.05, 4.69) is 22.2 Å². The van der Waals surface area contributed by atoms with Crippen LogP contribution < -0.4 is 4.90 Å². The molecule has 5 rings (SSSR count). The van der Waals surface area contributed by atoms with Crippen LogP contribution in [-0.4, -0.2) is 35.1 Å². The Balaban J connectivity index is 1.51. The van der Waals surface area contributed by atoms with E-state index in [9.17, 15) is 4.79 Å². The van der Waals surface area contributed by atoms with Gasteiger partial charge < -0.3 is 14.3 Å². The molecular weight excluding hydrogens is 374 g/mol. The summed E-state index contributed by atoms with van der Waals surface area (Å²) in [5, 5.41) is 4.45. The SMILES string of the molecule is Cc1ccc(C(=O)N(Cc2c(-c3ccccc3)noc2N2CCCC2)C2CC2)cc1. The van der Waals surface area contributed by atoms with Crippen molar-refractivity contribution in [2.45, 2.75) is 45.2 Å². The van der Waals surface area contributed by atoms with Crippen molar-refractivity contribution < 1.29 is 9.32 Å². The van der Waals surface area contributed by atoms with E-state index < -0.39 is 0 Å². The van der Waals surface area contributed by atoms with E-state index in [0.29, 0.717) is 12.6 Å². The van der Waals surface area contributed by atoms with Crippen LogP contribution in [-0.2, 0) is 6.54 Å². The summed E-state index contributed by atoms with van der Waals surface area (Å²) >= 11 is 0. The summed E-state index contributed by atoms with van der Waals surface area (Å²) in [7, 11) is 0. The van der Waals surface area contributed by atoms with Crippen molar-refractivity contribution in [2.24, 2.45) is 0 Å². The molecule has 30 heavy (non-hydrogen) atoms. The first-order valence-corrected chi connectivity index (χ1v) is 10.9. The first-order chi connectivity index (χ1) is 14.7. The zero-order valence-corrected chi connectivity index (χ0v) is 17.4. The summed E-state index contributed by atoms with van der Waals surface area (Å²) in [5.41, 5.74) is 4.80. The van der Waals surface area contributed by atoms with Crippen LogP contribution in [0.5, 0.6) is 0 Å². The predicted molar refractivity (Wildman–Crippen MR) is 117 cm³/mol. The molecule has 0 N–H and O–H groups in total. The van der Waals surface area contributed by atoms with E-state index in [1.54, 1.807) is 0 Å². The van der Waals surface area contributed by atoms with Crippen molar-refractivity contribution in [3.05, 3.63) is 71.3 Å². The third-order valence-corrected chi connectivity index (χ3v) is 6.08. The molecule has 1 aliphatic heterocycles. The Bertz CT molecular complexity index is 1020. The Kier molecular flexibility index (Phi) is 5.03. The highest BCUT2D eigenvalue weighted by molar-refractivity contribution is 5.94. The normalized spacial score (nSPS) is 16.1. The van der Waals surface area contributed by atoms with Gasteiger partial charge in [-0.25, -0.2) is 0 Å². The van der Waals surface area contributed by atoms with E-state index in [1.165, 1.54) is 0 Å². The molecule has 0 unspecified atom stereocenters. The fourth-order valence-corrected chi connectivity index (χ4v) is 4.22. The second-order valence-corrected chi connectivity index (χ2v) is 8.41. The number of nitrogens with zero attached hydrogens (tertiary/aromatic N) is 3.